The Kier molecular flexibility index (Phi) is 4.65. The van der Waals surface area contributed by atoms with Gasteiger partial charge in [0, 0.05) is 30.2 Å². The van der Waals surface area contributed by atoms with Crippen LogP contribution in [0.25, 0.3) is 0 Å². The lowest BCUT2D eigenvalue weighted by atomic mass is 9.41. The van der Waals surface area contributed by atoms with Crippen LogP contribution in [0.4, 0.5) is 0 Å². The summed E-state index contributed by atoms with van der Waals surface area (Å²) in [6.45, 7) is 6.05. The van der Waals surface area contributed by atoms with Crippen LogP contribution in [0.15, 0.2) is 27.6 Å². The summed E-state index contributed by atoms with van der Waals surface area (Å²) >= 11 is 0. The molecule has 0 radical (unpaired) electrons. The molecule has 40 heavy (non-hydrogen) atoms. The van der Waals surface area contributed by atoms with Gasteiger partial charge in [-0.05, 0) is 61.5 Å². The Hall–Kier alpha value is -1.37. The van der Waals surface area contributed by atoms with Gasteiger partial charge in [-0.25, -0.2) is 4.79 Å². The van der Waals surface area contributed by atoms with Crippen molar-refractivity contribution in [3.8, 4) is 0 Å². The highest BCUT2D eigenvalue weighted by molar-refractivity contribution is 5.40. The van der Waals surface area contributed by atoms with Crippen molar-refractivity contribution in [1.82, 2.24) is 0 Å². The predicted octanol–water partition coefficient (Wildman–Crippen LogP) is 1.58. The first-order valence-electron chi connectivity index (χ1n) is 15.0. The van der Waals surface area contributed by atoms with Crippen LogP contribution in [-0.4, -0.2) is 81.3 Å². The van der Waals surface area contributed by atoms with Gasteiger partial charge in [0.25, 0.3) is 0 Å². The summed E-state index contributed by atoms with van der Waals surface area (Å²) in [5, 5.41) is 36.9. The predicted molar refractivity (Wildman–Crippen MR) is 135 cm³/mol. The highest BCUT2D eigenvalue weighted by atomic mass is 16.8. The second-order valence-corrected chi connectivity index (χ2v) is 14.5. The van der Waals surface area contributed by atoms with Crippen molar-refractivity contribution in [3.05, 3.63) is 34.4 Å². The molecular weight excluding hydrogens is 520 g/mol. The maximum Gasteiger partial charge on any atom is 0.335 e. The lowest BCUT2D eigenvalue weighted by Gasteiger charge is -2.66. The van der Waals surface area contributed by atoms with Crippen LogP contribution in [0.5, 0.6) is 0 Å². The van der Waals surface area contributed by atoms with Crippen LogP contribution in [0.2, 0.25) is 0 Å². The molecule has 1 aromatic heterocycles. The first-order valence-corrected chi connectivity index (χ1v) is 15.0. The molecular formula is C30H38O10. The lowest BCUT2D eigenvalue weighted by molar-refractivity contribution is -0.379. The summed E-state index contributed by atoms with van der Waals surface area (Å²) in [7, 11) is 0. The summed E-state index contributed by atoms with van der Waals surface area (Å²) in [6, 6.07) is 3.07. The molecule has 1 aromatic rings. The number of epoxide rings is 1. The molecule has 0 aromatic carbocycles. The molecule has 4 aliphatic heterocycles. The zero-order valence-corrected chi connectivity index (χ0v) is 23.0. The van der Waals surface area contributed by atoms with Crippen molar-refractivity contribution in [2.45, 2.75) is 131 Å². The van der Waals surface area contributed by atoms with Crippen molar-refractivity contribution >= 4 is 0 Å². The molecule has 2 spiro atoms. The zero-order chi connectivity index (χ0) is 27.6. The minimum absolute atomic E-state index is 0.0162. The monoisotopic (exact) mass is 558 g/mol. The van der Waals surface area contributed by atoms with Gasteiger partial charge in [-0.2, -0.15) is 0 Å². The highest BCUT2D eigenvalue weighted by Gasteiger charge is 2.89. The van der Waals surface area contributed by atoms with Crippen LogP contribution in [0.1, 0.15) is 70.8 Å². The van der Waals surface area contributed by atoms with Crippen molar-refractivity contribution in [2.75, 3.05) is 0 Å². The quantitative estimate of drug-likeness (QED) is 0.344. The molecule has 9 rings (SSSR count). The number of ether oxygens (including phenoxy) is 5. The van der Waals surface area contributed by atoms with E-state index >= 15 is 0 Å². The molecule has 8 fully saturated rings. The van der Waals surface area contributed by atoms with Gasteiger partial charge in [-0.1, -0.05) is 13.8 Å². The first kappa shape index (κ1) is 25.2. The molecule has 8 aliphatic rings. The fourth-order valence-electron chi connectivity index (χ4n) is 11.3. The summed E-state index contributed by atoms with van der Waals surface area (Å²) in [5.74, 6) is -1.68. The number of fused-ring (bicyclic) bond motifs is 3. The Labute approximate surface area is 231 Å². The van der Waals surface area contributed by atoms with Crippen molar-refractivity contribution in [1.29, 1.82) is 0 Å². The van der Waals surface area contributed by atoms with Gasteiger partial charge >= 0.3 is 5.63 Å². The number of aliphatic hydroxyl groups excluding tert-OH is 2. The average molecular weight is 559 g/mol. The molecule has 5 heterocycles. The third-order valence-electron chi connectivity index (χ3n) is 13.0. The van der Waals surface area contributed by atoms with Crippen LogP contribution in [0, 0.1) is 22.7 Å². The number of rotatable bonds is 1. The molecule has 3 N–H and O–H groups in total. The summed E-state index contributed by atoms with van der Waals surface area (Å²) in [6.07, 6.45) is 1.29. The van der Waals surface area contributed by atoms with Crippen molar-refractivity contribution in [3.63, 3.8) is 0 Å². The van der Waals surface area contributed by atoms with Crippen LogP contribution >= 0.6 is 0 Å². The SMILES string of the molecule is C[C@H]1C[C@@H]2O[C@]34C[C@]5(C)[C@H](C[C@@H]6O[C@]67[C@@H]5[C@H](O)[C@@H](O)[C@]5(C)[C@@H](c6ccc(=O)oc6)CC[C@@]57O)C[C@H]3OC(O1)[C@@H]2O4. The van der Waals surface area contributed by atoms with E-state index in [-0.39, 0.29) is 42.4 Å². The molecule has 4 aliphatic carbocycles. The second kappa shape index (κ2) is 7.39. The summed E-state index contributed by atoms with van der Waals surface area (Å²) in [5.41, 5.74) is -3.77. The Morgan fingerprint density at radius 1 is 1.00 bits per heavy atom. The molecule has 16 atom stereocenters. The van der Waals surface area contributed by atoms with Gasteiger partial charge in [0.2, 0.25) is 0 Å². The molecule has 10 nitrogen and oxygen atoms in total. The lowest BCUT2D eigenvalue weighted by Crippen LogP contribution is -2.77. The van der Waals surface area contributed by atoms with E-state index in [0.29, 0.717) is 25.7 Å². The van der Waals surface area contributed by atoms with E-state index in [1.165, 1.54) is 12.3 Å². The number of hydrogen-bond acceptors (Lipinski definition) is 10. The van der Waals surface area contributed by atoms with E-state index in [4.69, 9.17) is 28.1 Å². The summed E-state index contributed by atoms with van der Waals surface area (Å²) in [4.78, 5) is 11.7. The third-order valence-corrected chi connectivity index (χ3v) is 13.0. The molecule has 4 saturated carbocycles. The fraction of sp³-hybridized carbons (Fsp3) is 0.833. The van der Waals surface area contributed by atoms with Crippen LogP contribution in [0.3, 0.4) is 0 Å². The molecule has 2 bridgehead atoms. The minimum Gasteiger partial charge on any atom is -0.431 e. The minimum atomic E-state index is -1.39. The molecule has 4 saturated heterocycles. The van der Waals surface area contributed by atoms with Gasteiger partial charge in [0.15, 0.2) is 12.1 Å². The zero-order valence-electron chi connectivity index (χ0n) is 23.0. The topological polar surface area (TPSA) is 140 Å². The molecule has 218 valence electrons. The van der Waals surface area contributed by atoms with Gasteiger partial charge in [0.05, 0.1) is 36.8 Å². The normalized spacial score (nSPS) is 62.5. The fourth-order valence-corrected chi connectivity index (χ4v) is 11.3. The average Bonchev–Trinajstić information content (AvgIpc) is 3.42. The van der Waals surface area contributed by atoms with Gasteiger partial charge in [-0.3, -0.25) is 0 Å². The maximum atomic E-state index is 12.8. The van der Waals surface area contributed by atoms with E-state index in [0.717, 1.165) is 18.4 Å². The van der Waals surface area contributed by atoms with E-state index in [2.05, 4.69) is 6.92 Å². The van der Waals surface area contributed by atoms with Gasteiger partial charge in [-0.15, -0.1) is 0 Å². The Balaban J connectivity index is 1.12. The Bertz CT molecular complexity index is 1310. The Morgan fingerprint density at radius 3 is 2.58 bits per heavy atom. The van der Waals surface area contributed by atoms with Crippen molar-refractivity contribution < 1.29 is 43.4 Å². The first-order chi connectivity index (χ1) is 19.0. The van der Waals surface area contributed by atoms with E-state index in [1.807, 2.05) is 13.8 Å². The van der Waals surface area contributed by atoms with Gasteiger partial charge in [0.1, 0.15) is 23.4 Å². The van der Waals surface area contributed by atoms with E-state index < -0.39 is 57.9 Å². The third kappa shape index (κ3) is 2.60. The molecule has 10 heteroatoms. The number of hydrogen-bond donors (Lipinski definition) is 3. The molecule has 0 amide bonds. The van der Waals surface area contributed by atoms with E-state index in [9.17, 15) is 20.1 Å². The maximum absolute atomic E-state index is 12.8. The Morgan fingerprint density at radius 2 is 1.80 bits per heavy atom. The van der Waals surface area contributed by atoms with Crippen LogP contribution < -0.4 is 5.63 Å². The second-order valence-electron chi connectivity index (χ2n) is 14.5. The van der Waals surface area contributed by atoms with Gasteiger partial charge < -0.3 is 43.4 Å². The summed E-state index contributed by atoms with van der Waals surface area (Å²) < 4.78 is 37.8. The largest absolute Gasteiger partial charge is 0.431 e. The van der Waals surface area contributed by atoms with E-state index in [1.54, 1.807) is 6.07 Å². The smallest absolute Gasteiger partial charge is 0.335 e. The number of aliphatic hydroxyl groups is 3. The highest BCUT2D eigenvalue weighted by Crippen LogP contribution is 2.79. The standard InChI is InChI=1S/C30H38O10/c1-13-8-17-22-25(36-13)37-18-9-15-10-19-30(39-19)23(26(15,2)12-28(18,38-17)40-22)21(32)24(33)27(3)16(6-7-29(27,30)34)14-4-5-20(31)35-11-14/h4-5,11,13,15-19,21-25,32-34H,6-10,12H2,1-3H3/t13-,15-,16+,17-,18+,19-,21-,22+,23+,24+,25?,26+,27-,28-,29+,30-/m0/s1. The van der Waals surface area contributed by atoms with Crippen molar-refractivity contribution in [2.24, 2.45) is 22.7 Å². The molecule has 1 unspecified atom stereocenters. The van der Waals surface area contributed by atoms with Crippen LogP contribution in [-0.2, 0) is 23.7 Å².